The zero-order valence-corrected chi connectivity index (χ0v) is 11.9. The smallest absolute Gasteiger partial charge is 0.150 e. The van der Waals surface area contributed by atoms with E-state index < -0.39 is 0 Å². The van der Waals surface area contributed by atoms with Crippen molar-refractivity contribution < 1.29 is 0 Å². The van der Waals surface area contributed by atoms with E-state index in [0.717, 1.165) is 24.3 Å². The first-order valence-corrected chi connectivity index (χ1v) is 7.03. The molecule has 1 aromatic carbocycles. The summed E-state index contributed by atoms with van der Waals surface area (Å²) in [6, 6.07) is 12.5. The van der Waals surface area contributed by atoms with Crippen LogP contribution in [0.1, 0.15) is 23.7 Å². The van der Waals surface area contributed by atoms with E-state index in [1.807, 2.05) is 12.3 Å². The number of pyridine rings is 1. The maximum atomic E-state index is 4.47. The second-order valence-corrected chi connectivity index (χ2v) is 5.00. The molecular formula is C17H19N3. The fourth-order valence-corrected chi connectivity index (χ4v) is 2.68. The summed E-state index contributed by atoms with van der Waals surface area (Å²) in [7, 11) is 0. The Morgan fingerprint density at radius 3 is 2.70 bits per heavy atom. The summed E-state index contributed by atoms with van der Waals surface area (Å²) in [4.78, 5) is 7.93. The Bertz CT molecular complexity index is 714. The molecule has 102 valence electrons. The van der Waals surface area contributed by atoms with Crippen LogP contribution in [0.5, 0.6) is 0 Å². The fraction of sp³-hybridized carbons (Fsp3) is 0.235. The Morgan fingerprint density at radius 1 is 1.15 bits per heavy atom. The van der Waals surface area contributed by atoms with Gasteiger partial charge in [0.25, 0.3) is 0 Å². The fourth-order valence-electron chi connectivity index (χ4n) is 2.68. The van der Waals surface area contributed by atoms with Crippen LogP contribution in [0.25, 0.3) is 10.9 Å². The van der Waals surface area contributed by atoms with Gasteiger partial charge < -0.3 is 10.3 Å². The third-order valence-corrected chi connectivity index (χ3v) is 3.70. The van der Waals surface area contributed by atoms with Gasteiger partial charge in [-0.15, -0.1) is 0 Å². The number of H-pyrrole nitrogens is 1. The van der Waals surface area contributed by atoms with Crippen molar-refractivity contribution in [2.45, 2.75) is 26.8 Å². The van der Waals surface area contributed by atoms with Gasteiger partial charge in [-0.3, -0.25) is 0 Å². The molecular weight excluding hydrogens is 246 g/mol. The lowest BCUT2D eigenvalue weighted by Crippen LogP contribution is -2.01. The monoisotopic (exact) mass is 265 g/mol. The highest BCUT2D eigenvalue weighted by atomic mass is 15.0. The van der Waals surface area contributed by atoms with Crippen LogP contribution in [0.2, 0.25) is 0 Å². The first-order chi connectivity index (χ1) is 9.79. The standard InChI is InChI=1S/C17H19N3/c1-3-14-12(2)20-16-15(14)9-10-18-17(16)19-11-13-7-5-4-6-8-13/h4-10,20H,3,11H2,1-2H3,(H,18,19). The Hall–Kier alpha value is -2.29. The first kappa shape index (κ1) is 12.7. The van der Waals surface area contributed by atoms with Gasteiger partial charge in [0.1, 0.15) is 0 Å². The highest BCUT2D eigenvalue weighted by Gasteiger charge is 2.10. The number of benzene rings is 1. The van der Waals surface area contributed by atoms with Crippen LogP contribution in [-0.4, -0.2) is 9.97 Å². The van der Waals surface area contributed by atoms with Crippen molar-refractivity contribution in [1.29, 1.82) is 0 Å². The van der Waals surface area contributed by atoms with Crippen LogP contribution in [0.3, 0.4) is 0 Å². The topological polar surface area (TPSA) is 40.7 Å². The van der Waals surface area contributed by atoms with E-state index in [-0.39, 0.29) is 0 Å². The summed E-state index contributed by atoms with van der Waals surface area (Å²) in [5.74, 6) is 0.925. The molecule has 0 unspecified atom stereocenters. The molecule has 0 saturated heterocycles. The summed E-state index contributed by atoms with van der Waals surface area (Å²) in [5, 5.41) is 4.70. The van der Waals surface area contributed by atoms with Crippen LogP contribution in [0, 0.1) is 6.92 Å². The number of fused-ring (bicyclic) bond motifs is 1. The molecule has 3 rings (SSSR count). The summed E-state index contributed by atoms with van der Waals surface area (Å²) in [6.07, 6.45) is 2.91. The van der Waals surface area contributed by atoms with Crippen molar-refractivity contribution >= 4 is 16.7 Å². The van der Waals surface area contributed by atoms with E-state index >= 15 is 0 Å². The zero-order chi connectivity index (χ0) is 13.9. The van der Waals surface area contributed by atoms with Gasteiger partial charge in [-0.25, -0.2) is 4.98 Å². The highest BCUT2D eigenvalue weighted by molar-refractivity contribution is 5.92. The third-order valence-electron chi connectivity index (χ3n) is 3.70. The normalized spacial score (nSPS) is 10.9. The van der Waals surface area contributed by atoms with Gasteiger partial charge in [0, 0.05) is 23.8 Å². The molecule has 0 fully saturated rings. The van der Waals surface area contributed by atoms with E-state index in [0.29, 0.717) is 0 Å². The molecule has 0 aliphatic rings. The number of nitrogens with zero attached hydrogens (tertiary/aromatic N) is 1. The molecule has 20 heavy (non-hydrogen) atoms. The largest absolute Gasteiger partial charge is 0.364 e. The number of nitrogens with one attached hydrogen (secondary N) is 2. The second kappa shape index (κ2) is 5.37. The maximum Gasteiger partial charge on any atom is 0.150 e. The van der Waals surface area contributed by atoms with Gasteiger partial charge in [0.2, 0.25) is 0 Å². The zero-order valence-electron chi connectivity index (χ0n) is 11.9. The second-order valence-electron chi connectivity index (χ2n) is 5.00. The number of hydrogen-bond acceptors (Lipinski definition) is 2. The van der Waals surface area contributed by atoms with Crippen LogP contribution in [0.15, 0.2) is 42.6 Å². The predicted octanol–water partition coefficient (Wildman–Crippen LogP) is 4.05. The van der Waals surface area contributed by atoms with Gasteiger partial charge in [0.15, 0.2) is 5.82 Å². The molecule has 3 nitrogen and oxygen atoms in total. The first-order valence-electron chi connectivity index (χ1n) is 7.03. The molecule has 0 saturated carbocycles. The molecule has 0 bridgehead atoms. The molecule has 2 N–H and O–H groups in total. The highest BCUT2D eigenvalue weighted by Crippen LogP contribution is 2.26. The van der Waals surface area contributed by atoms with Gasteiger partial charge in [-0.2, -0.15) is 0 Å². The van der Waals surface area contributed by atoms with Crippen LogP contribution < -0.4 is 5.32 Å². The molecule has 0 radical (unpaired) electrons. The maximum absolute atomic E-state index is 4.47. The minimum Gasteiger partial charge on any atom is -0.364 e. The van der Waals surface area contributed by atoms with Crippen LogP contribution in [-0.2, 0) is 13.0 Å². The summed E-state index contributed by atoms with van der Waals surface area (Å²) >= 11 is 0. The van der Waals surface area contributed by atoms with Gasteiger partial charge in [0.05, 0.1) is 5.52 Å². The number of anilines is 1. The quantitative estimate of drug-likeness (QED) is 0.747. The average Bonchev–Trinajstić information content (AvgIpc) is 2.82. The molecule has 0 aliphatic carbocycles. The van der Waals surface area contributed by atoms with Gasteiger partial charge >= 0.3 is 0 Å². The predicted molar refractivity (Wildman–Crippen MR) is 84.0 cm³/mol. The van der Waals surface area contributed by atoms with Crippen molar-refractivity contribution in [3.8, 4) is 0 Å². The van der Waals surface area contributed by atoms with Crippen LogP contribution >= 0.6 is 0 Å². The molecule has 0 spiro atoms. The minimum absolute atomic E-state index is 0.784. The Morgan fingerprint density at radius 2 is 1.95 bits per heavy atom. The van der Waals surface area contributed by atoms with E-state index in [2.05, 4.69) is 59.5 Å². The lowest BCUT2D eigenvalue weighted by molar-refractivity contribution is 1.10. The number of aromatic amines is 1. The van der Waals surface area contributed by atoms with Gasteiger partial charge in [-0.1, -0.05) is 37.3 Å². The molecule has 3 heteroatoms. The number of rotatable bonds is 4. The molecule has 0 atom stereocenters. The van der Waals surface area contributed by atoms with E-state index in [4.69, 9.17) is 0 Å². The lowest BCUT2D eigenvalue weighted by Gasteiger charge is -2.06. The van der Waals surface area contributed by atoms with Gasteiger partial charge in [-0.05, 0) is 30.5 Å². The number of aryl methyl sites for hydroxylation is 2. The summed E-state index contributed by atoms with van der Waals surface area (Å²) in [6.45, 7) is 5.10. The number of hydrogen-bond donors (Lipinski definition) is 2. The Kier molecular flexibility index (Phi) is 3.42. The van der Waals surface area contributed by atoms with Crippen molar-refractivity contribution in [2.75, 3.05) is 5.32 Å². The Labute approximate surface area is 119 Å². The average molecular weight is 265 g/mol. The van der Waals surface area contributed by atoms with Crippen molar-refractivity contribution in [1.82, 2.24) is 9.97 Å². The van der Waals surface area contributed by atoms with Crippen LogP contribution in [0.4, 0.5) is 5.82 Å². The van der Waals surface area contributed by atoms with Crippen molar-refractivity contribution in [3.63, 3.8) is 0 Å². The molecule has 3 aromatic rings. The van der Waals surface area contributed by atoms with Crippen molar-refractivity contribution in [3.05, 3.63) is 59.4 Å². The lowest BCUT2D eigenvalue weighted by atomic mass is 10.1. The van der Waals surface area contributed by atoms with E-state index in [1.54, 1.807) is 0 Å². The molecule has 2 aromatic heterocycles. The van der Waals surface area contributed by atoms with Crippen molar-refractivity contribution in [2.24, 2.45) is 0 Å². The molecule has 0 amide bonds. The third kappa shape index (κ3) is 2.27. The minimum atomic E-state index is 0.784. The SMILES string of the molecule is CCc1c(C)[nH]c2c(NCc3ccccc3)nccc12. The summed E-state index contributed by atoms with van der Waals surface area (Å²) in [5.41, 5.74) is 4.98. The van der Waals surface area contributed by atoms with E-state index in [9.17, 15) is 0 Å². The van der Waals surface area contributed by atoms with E-state index in [1.165, 1.54) is 22.2 Å². The molecule has 2 heterocycles. The molecule has 0 aliphatic heterocycles. The summed E-state index contributed by atoms with van der Waals surface area (Å²) < 4.78 is 0. The number of aromatic nitrogens is 2. The Balaban J connectivity index is 1.92.